The first-order valence-electron chi connectivity index (χ1n) is 13.4. The molecule has 0 fully saturated rings. The van der Waals surface area contributed by atoms with Crippen LogP contribution in [0.15, 0.2) is 35.8 Å². The Kier molecular flexibility index (Phi) is 21.6. The fraction of sp³-hybridized carbons (Fsp3) is 0.679. The van der Waals surface area contributed by atoms with E-state index in [4.69, 9.17) is 9.29 Å². The maximum Gasteiger partial charge on any atom is 1.00 e. The van der Waals surface area contributed by atoms with Crippen LogP contribution < -0.4 is 39.4 Å². The van der Waals surface area contributed by atoms with E-state index in [1.165, 1.54) is 38.5 Å². The van der Waals surface area contributed by atoms with E-state index in [0.717, 1.165) is 62.7 Å². The average molecular weight is 532 g/mol. The van der Waals surface area contributed by atoms with E-state index in [1.807, 2.05) is 30.3 Å². The van der Waals surface area contributed by atoms with Crippen LogP contribution in [0.3, 0.4) is 0 Å². The van der Waals surface area contributed by atoms with E-state index in [-0.39, 0.29) is 48.1 Å². The van der Waals surface area contributed by atoms with Gasteiger partial charge in [-0.15, -0.1) is 0 Å². The van der Waals surface area contributed by atoms with E-state index < -0.39 is 15.9 Å². The summed E-state index contributed by atoms with van der Waals surface area (Å²) in [7, 11) is -4.05. The van der Waals surface area contributed by atoms with Crippen LogP contribution in [0.4, 0.5) is 0 Å². The van der Waals surface area contributed by atoms with Crippen molar-refractivity contribution in [3.8, 4) is 5.75 Å². The van der Waals surface area contributed by atoms with Crippen molar-refractivity contribution in [2.45, 2.75) is 109 Å². The minimum atomic E-state index is -4.05. The van der Waals surface area contributed by atoms with Crippen LogP contribution in [0.5, 0.6) is 5.75 Å². The Hall–Kier alpha value is -0.860. The van der Waals surface area contributed by atoms with E-state index >= 15 is 0 Å². The molecular weight excluding hydrogens is 485 g/mol. The summed E-state index contributed by atoms with van der Waals surface area (Å²) in [6.07, 6.45) is 18.5. The van der Waals surface area contributed by atoms with Crippen LogP contribution in [0.25, 0.3) is 6.08 Å². The van der Waals surface area contributed by atoms with Gasteiger partial charge in [-0.25, -0.2) is 0 Å². The first kappa shape index (κ1) is 35.1. The van der Waals surface area contributed by atoms with Gasteiger partial charge in [-0.05, 0) is 62.1 Å². The largest absolute Gasteiger partial charge is 1.00 e. The molecule has 1 atom stereocenters. The molecule has 1 N–H and O–H groups in total. The maximum atomic E-state index is 11.6. The zero-order chi connectivity index (χ0) is 25.8. The molecule has 1 aromatic carbocycles. The summed E-state index contributed by atoms with van der Waals surface area (Å²) in [5.74, 6) is 0.144. The second kappa shape index (κ2) is 22.2. The summed E-state index contributed by atoms with van der Waals surface area (Å²) >= 11 is 0. The number of aliphatic imine (C=N–C) groups is 1. The molecule has 0 amide bonds. The van der Waals surface area contributed by atoms with Crippen molar-refractivity contribution in [3.63, 3.8) is 0 Å². The third-order valence-electron chi connectivity index (χ3n) is 6.10. The molecule has 0 aromatic heterocycles. The average Bonchev–Trinajstić information content (AvgIpc) is 2.82. The Morgan fingerprint density at radius 3 is 2.03 bits per heavy atom. The van der Waals surface area contributed by atoms with E-state index in [0.29, 0.717) is 6.42 Å². The summed E-state index contributed by atoms with van der Waals surface area (Å²) in [4.78, 5) is 3.67. The number of hydrogen-bond donors (Lipinski definition) is 1. The predicted molar refractivity (Wildman–Crippen MR) is 145 cm³/mol. The second-order valence-corrected chi connectivity index (χ2v) is 10.9. The Labute approximate surface area is 242 Å². The minimum absolute atomic E-state index is 0. The number of unbranched alkanes of at least 4 members (excludes halogenated alkanes) is 10. The van der Waals surface area contributed by atoms with Gasteiger partial charge in [0.05, 0.1) is 18.4 Å². The standard InChI is InChI=1S/C28H47NO5S.Na/c1-3-5-6-7-10-13-16-26(34-27-21-19-25(4-2)20-22-27)17-14-11-8-9-12-15-18-28(30)29-23-24-35(31,32)33;/h4,19-22,26H,2-3,5-18,23-24H2,1H3,(H,29,30)(H,31,32,33);/q;+1/p-1. The van der Waals surface area contributed by atoms with Crippen LogP contribution in [0.2, 0.25) is 0 Å². The third-order valence-corrected chi connectivity index (χ3v) is 6.80. The van der Waals surface area contributed by atoms with Gasteiger partial charge >= 0.3 is 29.6 Å². The van der Waals surface area contributed by atoms with Crippen LogP contribution in [0, 0.1) is 0 Å². The van der Waals surface area contributed by atoms with Gasteiger partial charge in [-0.3, -0.25) is 4.55 Å². The van der Waals surface area contributed by atoms with E-state index in [2.05, 4.69) is 18.5 Å². The van der Waals surface area contributed by atoms with Gasteiger partial charge in [0.15, 0.2) is 0 Å². The molecule has 1 aromatic rings. The Balaban J connectivity index is 0.0000122. The second-order valence-electron chi connectivity index (χ2n) is 9.29. The molecule has 200 valence electrons. The molecule has 0 spiro atoms. The monoisotopic (exact) mass is 531 g/mol. The topological polar surface area (TPSA) is 99.0 Å². The Bertz CT molecular complexity index is 812. The molecule has 1 rings (SSSR count). The fourth-order valence-corrected chi connectivity index (χ4v) is 4.33. The van der Waals surface area contributed by atoms with Crippen molar-refractivity contribution in [2.24, 2.45) is 4.99 Å². The van der Waals surface area contributed by atoms with Crippen molar-refractivity contribution in [1.82, 2.24) is 0 Å². The van der Waals surface area contributed by atoms with Crippen LogP contribution in [-0.2, 0) is 10.1 Å². The summed E-state index contributed by atoms with van der Waals surface area (Å²) in [6, 6.07) is 8.14. The molecule has 0 radical (unpaired) electrons. The van der Waals surface area contributed by atoms with Gasteiger partial charge in [-0.2, -0.15) is 8.42 Å². The zero-order valence-electron chi connectivity index (χ0n) is 22.6. The van der Waals surface area contributed by atoms with Gasteiger partial charge in [-0.1, -0.05) is 89.5 Å². The molecular formula is C28H46NNaO5S. The molecule has 0 heterocycles. The molecule has 6 nitrogen and oxygen atoms in total. The molecule has 0 saturated carbocycles. The van der Waals surface area contributed by atoms with Gasteiger partial charge in [0.1, 0.15) is 5.75 Å². The minimum Gasteiger partial charge on any atom is -0.862 e. The van der Waals surface area contributed by atoms with Gasteiger partial charge < -0.3 is 14.8 Å². The molecule has 36 heavy (non-hydrogen) atoms. The molecule has 0 bridgehead atoms. The van der Waals surface area contributed by atoms with Crippen molar-refractivity contribution >= 4 is 22.1 Å². The molecule has 0 aliphatic heterocycles. The first-order valence-corrected chi connectivity index (χ1v) is 15.0. The molecule has 0 aliphatic rings. The third kappa shape index (κ3) is 20.2. The summed E-state index contributed by atoms with van der Waals surface area (Å²) in [5.41, 5.74) is 1.10. The van der Waals surface area contributed by atoms with Crippen molar-refractivity contribution in [3.05, 3.63) is 36.4 Å². The summed E-state index contributed by atoms with van der Waals surface area (Å²) < 4.78 is 36.2. The van der Waals surface area contributed by atoms with Crippen LogP contribution >= 0.6 is 0 Å². The smallest absolute Gasteiger partial charge is 0.862 e. The number of ether oxygens (including phenoxy) is 1. The summed E-state index contributed by atoms with van der Waals surface area (Å²) in [5, 5.41) is 11.6. The Morgan fingerprint density at radius 2 is 1.50 bits per heavy atom. The number of hydrogen-bond acceptors (Lipinski definition) is 5. The maximum absolute atomic E-state index is 11.6. The quantitative estimate of drug-likeness (QED) is 0.0810. The van der Waals surface area contributed by atoms with Crippen LogP contribution in [-0.4, -0.2) is 37.3 Å². The van der Waals surface area contributed by atoms with E-state index in [9.17, 15) is 13.5 Å². The molecule has 1 unspecified atom stereocenters. The summed E-state index contributed by atoms with van der Waals surface area (Å²) in [6.45, 7) is 5.88. The van der Waals surface area contributed by atoms with Gasteiger partial charge in [0.25, 0.3) is 10.1 Å². The zero-order valence-corrected chi connectivity index (χ0v) is 25.4. The van der Waals surface area contributed by atoms with Crippen molar-refractivity contribution in [1.29, 1.82) is 0 Å². The fourth-order valence-electron chi connectivity index (χ4n) is 4.01. The normalized spacial score (nSPS) is 12.7. The van der Waals surface area contributed by atoms with Crippen LogP contribution in [0.1, 0.15) is 109 Å². The van der Waals surface area contributed by atoms with E-state index in [1.54, 1.807) is 0 Å². The number of nitrogens with zero attached hydrogens (tertiary/aromatic N) is 1. The molecule has 0 aliphatic carbocycles. The number of benzene rings is 1. The van der Waals surface area contributed by atoms with Crippen molar-refractivity contribution < 1.29 is 52.4 Å². The van der Waals surface area contributed by atoms with Crippen molar-refractivity contribution in [2.75, 3.05) is 12.3 Å². The predicted octanol–water partition coefficient (Wildman–Crippen LogP) is 3.60. The number of rotatable bonds is 22. The van der Waals surface area contributed by atoms with Gasteiger partial charge in [0, 0.05) is 0 Å². The van der Waals surface area contributed by atoms with Gasteiger partial charge in [0.2, 0.25) is 0 Å². The first-order chi connectivity index (χ1) is 16.8. The SMILES string of the molecule is C=Cc1ccc(OC(CCCCCCCC)CCCCCCCCC([O-])=NCCS(=O)(=O)O)cc1.[Na+]. The Morgan fingerprint density at radius 1 is 0.972 bits per heavy atom. The molecule has 8 heteroatoms. The molecule has 0 saturated heterocycles.